The second kappa shape index (κ2) is 7.75. The molecule has 1 fully saturated rings. The monoisotopic (exact) mass is 388 g/mol. The molecule has 1 aromatic heterocycles. The predicted octanol–water partition coefficient (Wildman–Crippen LogP) is 1.89. The molecule has 0 bridgehead atoms. The minimum absolute atomic E-state index is 0.0705. The van der Waals surface area contributed by atoms with Gasteiger partial charge in [-0.15, -0.1) is 0 Å². The minimum atomic E-state index is -3.00. The van der Waals surface area contributed by atoms with E-state index in [1.807, 2.05) is 0 Å². The highest BCUT2D eigenvalue weighted by molar-refractivity contribution is 7.91. The van der Waals surface area contributed by atoms with Crippen molar-refractivity contribution in [3.05, 3.63) is 48.2 Å². The average Bonchev–Trinajstić information content (AvgIpc) is 2.93. The Hall–Kier alpha value is -2.94. The summed E-state index contributed by atoms with van der Waals surface area (Å²) in [7, 11) is -3.00. The molecule has 1 atom stereocenters. The lowest BCUT2D eigenvalue weighted by Crippen LogP contribution is -2.21. The Morgan fingerprint density at radius 3 is 2.52 bits per heavy atom. The van der Waals surface area contributed by atoms with Crippen molar-refractivity contribution < 1.29 is 18.0 Å². The molecule has 1 aromatic carbocycles. The summed E-state index contributed by atoms with van der Waals surface area (Å²) in [5, 5.41) is 8.49. The van der Waals surface area contributed by atoms with E-state index in [0.29, 0.717) is 29.2 Å². The van der Waals surface area contributed by atoms with E-state index in [2.05, 4.69) is 20.9 Å². The zero-order chi connectivity index (χ0) is 19.4. The summed E-state index contributed by atoms with van der Waals surface area (Å²) in [5.74, 6) is 0.157. The molecule has 142 valence electrons. The highest BCUT2D eigenvalue weighted by Crippen LogP contribution is 2.19. The van der Waals surface area contributed by atoms with E-state index in [9.17, 15) is 18.0 Å². The lowest BCUT2D eigenvalue weighted by Gasteiger charge is -2.12. The number of sulfone groups is 1. The zero-order valence-corrected chi connectivity index (χ0v) is 15.5. The standard InChI is InChI=1S/C18H20N4O4S/c1-12(23)20-14-3-2-4-15(10-14)22-18(24)13-5-7-19-17(9-13)21-16-6-8-27(25,26)11-16/h2-5,7,9-10,16H,6,8,11H2,1H3,(H,19,21)(H,20,23)(H,22,24). The lowest BCUT2D eigenvalue weighted by atomic mass is 10.2. The molecule has 2 amide bonds. The second-order valence-electron chi connectivity index (χ2n) is 6.39. The maximum absolute atomic E-state index is 12.5. The van der Waals surface area contributed by atoms with Crippen molar-refractivity contribution in [2.24, 2.45) is 0 Å². The van der Waals surface area contributed by atoms with Crippen LogP contribution >= 0.6 is 0 Å². The molecule has 3 N–H and O–H groups in total. The Morgan fingerprint density at radius 1 is 1.11 bits per heavy atom. The van der Waals surface area contributed by atoms with Gasteiger partial charge in [0.05, 0.1) is 11.5 Å². The van der Waals surface area contributed by atoms with Gasteiger partial charge in [-0.25, -0.2) is 13.4 Å². The van der Waals surface area contributed by atoms with Crippen LogP contribution < -0.4 is 16.0 Å². The highest BCUT2D eigenvalue weighted by atomic mass is 32.2. The summed E-state index contributed by atoms with van der Waals surface area (Å²) in [6.07, 6.45) is 2.02. The minimum Gasteiger partial charge on any atom is -0.366 e. The fourth-order valence-corrected chi connectivity index (χ4v) is 4.52. The van der Waals surface area contributed by atoms with E-state index in [0.717, 1.165) is 0 Å². The van der Waals surface area contributed by atoms with Crippen molar-refractivity contribution in [3.63, 3.8) is 0 Å². The molecule has 0 saturated carbocycles. The quantitative estimate of drug-likeness (QED) is 0.720. The molecule has 1 saturated heterocycles. The van der Waals surface area contributed by atoms with Gasteiger partial charge in [0.1, 0.15) is 5.82 Å². The number of anilines is 3. The molecule has 27 heavy (non-hydrogen) atoms. The van der Waals surface area contributed by atoms with Crippen molar-refractivity contribution in [1.29, 1.82) is 0 Å². The molecular weight excluding hydrogens is 368 g/mol. The Kier molecular flexibility index (Phi) is 5.41. The van der Waals surface area contributed by atoms with Gasteiger partial charge in [0.2, 0.25) is 5.91 Å². The first-order chi connectivity index (χ1) is 12.8. The SMILES string of the molecule is CC(=O)Nc1cccc(NC(=O)c2ccnc(NC3CCS(=O)(=O)C3)c2)c1. The van der Waals surface area contributed by atoms with Gasteiger partial charge >= 0.3 is 0 Å². The molecule has 0 radical (unpaired) electrons. The van der Waals surface area contributed by atoms with Crippen molar-refractivity contribution in [3.8, 4) is 0 Å². The molecule has 1 aliphatic rings. The van der Waals surface area contributed by atoms with E-state index in [4.69, 9.17) is 0 Å². The van der Waals surface area contributed by atoms with Gasteiger partial charge in [-0.2, -0.15) is 0 Å². The molecule has 0 spiro atoms. The van der Waals surface area contributed by atoms with E-state index in [1.54, 1.807) is 36.4 Å². The smallest absolute Gasteiger partial charge is 0.255 e. The number of hydrogen-bond donors (Lipinski definition) is 3. The summed E-state index contributed by atoms with van der Waals surface area (Å²) in [6.45, 7) is 1.41. The first kappa shape index (κ1) is 18.8. The third-order valence-electron chi connectivity index (χ3n) is 4.05. The number of carbonyl (C=O) groups excluding carboxylic acids is 2. The van der Waals surface area contributed by atoms with Crippen LogP contribution in [0.3, 0.4) is 0 Å². The first-order valence-corrected chi connectivity index (χ1v) is 10.2. The molecule has 1 aliphatic heterocycles. The number of carbonyl (C=O) groups is 2. The number of amides is 2. The summed E-state index contributed by atoms with van der Waals surface area (Å²) < 4.78 is 23.1. The van der Waals surface area contributed by atoms with Gasteiger partial charge in [-0.3, -0.25) is 9.59 Å². The number of hydrogen-bond acceptors (Lipinski definition) is 6. The zero-order valence-electron chi connectivity index (χ0n) is 14.7. The van der Waals surface area contributed by atoms with Crippen molar-refractivity contribution in [2.75, 3.05) is 27.5 Å². The molecule has 3 rings (SSSR count). The van der Waals surface area contributed by atoms with Crippen molar-refractivity contribution >= 4 is 38.8 Å². The second-order valence-corrected chi connectivity index (χ2v) is 8.62. The van der Waals surface area contributed by atoms with Crippen LogP contribution in [-0.2, 0) is 14.6 Å². The largest absolute Gasteiger partial charge is 0.366 e. The Morgan fingerprint density at radius 2 is 1.85 bits per heavy atom. The van der Waals surface area contributed by atoms with Crippen LogP contribution in [0.25, 0.3) is 0 Å². The van der Waals surface area contributed by atoms with E-state index >= 15 is 0 Å². The van der Waals surface area contributed by atoms with E-state index in [-0.39, 0.29) is 29.4 Å². The van der Waals surface area contributed by atoms with Crippen LogP contribution in [0, 0.1) is 0 Å². The van der Waals surface area contributed by atoms with Gasteiger partial charge in [-0.1, -0.05) is 6.07 Å². The molecule has 2 heterocycles. The number of aromatic nitrogens is 1. The average molecular weight is 388 g/mol. The molecule has 0 aliphatic carbocycles. The number of rotatable bonds is 5. The van der Waals surface area contributed by atoms with Gasteiger partial charge in [0, 0.05) is 36.1 Å². The van der Waals surface area contributed by atoms with Gasteiger partial charge in [0.15, 0.2) is 9.84 Å². The Labute approximate surface area is 157 Å². The summed E-state index contributed by atoms with van der Waals surface area (Å²) >= 11 is 0. The molecule has 2 aromatic rings. The summed E-state index contributed by atoms with van der Waals surface area (Å²) in [4.78, 5) is 27.8. The van der Waals surface area contributed by atoms with Gasteiger partial charge < -0.3 is 16.0 Å². The number of pyridine rings is 1. The van der Waals surface area contributed by atoms with E-state index in [1.165, 1.54) is 13.1 Å². The van der Waals surface area contributed by atoms with Crippen LogP contribution in [0.2, 0.25) is 0 Å². The highest BCUT2D eigenvalue weighted by Gasteiger charge is 2.28. The maximum atomic E-state index is 12.5. The van der Waals surface area contributed by atoms with Crippen LogP contribution in [0.1, 0.15) is 23.7 Å². The predicted molar refractivity (Wildman–Crippen MR) is 104 cm³/mol. The summed E-state index contributed by atoms with van der Waals surface area (Å²) in [6, 6.07) is 9.77. The van der Waals surface area contributed by atoms with Crippen LogP contribution in [0.4, 0.5) is 17.2 Å². The molecule has 8 nitrogen and oxygen atoms in total. The normalized spacial score (nSPS) is 17.9. The van der Waals surface area contributed by atoms with Crippen molar-refractivity contribution in [2.45, 2.75) is 19.4 Å². The van der Waals surface area contributed by atoms with E-state index < -0.39 is 9.84 Å². The maximum Gasteiger partial charge on any atom is 0.255 e. The molecule has 9 heteroatoms. The third-order valence-corrected chi connectivity index (χ3v) is 5.82. The first-order valence-electron chi connectivity index (χ1n) is 8.43. The van der Waals surface area contributed by atoms with Gasteiger partial charge in [0.25, 0.3) is 5.91 Å². The van der Waals surface area contributed by atoms with Crippen LogP contribution in [-0.4, -0.2) is 42.8 Å². The number of nitrogens with zero attached hydrogens (tertiary/aromatic N) is 1. The van der Waals surface area contributed by atoms with Crippen LogP contribution in [0.15, 0.2) is 42.6 Å². The molecular formula is C18H20N4O4S. The Bertz CT molecular complexity index is 975. The van der Waals surface area contributed by atoms with Crippen LogP contribution in [0.5, 0.6) is 0 Å². The number of benzene rings is 1. The Balaban J connectivity index is 1.68. The topological polar surface area (TPSA) is 117 Å². The number of nitrogens with one attached hydrogen (secondary N) is 3. The molecule has 1 unspecified atom stereocenters. The van der Waals surface area contributed by atoms with Gasteiger partial charge in [-0.05, 0) is 36.8 Å². The lowest BCUT2D eigenvalue weighted by molar-refractivity contribution is -0.114. The third kappa shape index (κ3) is 5.27. The van der Waals surface area contributed by atoms with Crippen molar-refractivity contribution in [1.82, 2.24) is 4.98 Å². The fourth-order valence-electron chi connectivity index (χ4n) is 2.85. The fraction of sp³-hybridized carbons (Fsp3) is 0.278. The summed E-state index contributed by atoms with van der Waals surface area (Å²) in [5.41, 5.74) is 1.51.